The van der Waals surface area contributed by atoms with Gasteiger partial charge in [-0.2, -0.15) is 5.10 Å². The van der Waals surface area contributed by atoms with Crippen molar-refractivity contribution >= 4 is 0 Å². The van der Waals surface area contributed by atoms with E-state index in [4.69, 9.17) is 4.74 Å². The molecular weight excluding hydrogens is 202 g/mol. The lowest BCUT2D eigenvalue weighted by Crippen LogP contribution is -2.42. The summed E-state index contributed by atoms with van der Waals surface area (Å²) in [5.74, 6) is 0. The summed E-state index contributed by atoms with van der Waals surface area (Å²) in [4.78, 5) is 4.04. The van der Waals surface area contributed by atoms with Gasteiger partial charge in [0.05, 0.1) is 11.6 Å². The van der Waals surface area contributed by atoms with Gasteiger partial charge in [0.25, 0.3) is 0 Å². The highest BCUT2D eigenvalue weighted by atomic mass is 16.5. The van der Waals surface area contributed by atoms with Crippen LogP contribution < -0.4 is 0 Å². The molecule has 1 aliphatic heterocycles. The lowest BCUT2D eigenvalue weighted by molar-refractivity contribution is -0.115. The van der Waals surface area contributed by atoms with Crippen LogP contribution in [0.3, 0.4) is 0 Å². The van der Waals surface area contributed by atoms with Crippen molar-refractivity contribution in [2.75, 3.05) is 6.61 Å². The SMILES string of the molecule is c1ncn(C2CCOC3(CCCCC3)C2)n1. The number of hydrogen-bond donors (Lipinski definition) is 0. The van der Waals surface area contributed by atoms with Gasteiger partial charge in [-0.15, -0.1) is 0 Å². The molecule has 1 unspecified atom stereocenters. The Morgan fingerprint density at radius 3 is 2.88 bits per heavy atom. The third-order valence-corrected chi connectivity index (χ3v) is 4.04. The molecule has 0 aromatic carbocycles. The second-order valence-electron chi connectivity index (χ2n) is 5.11. The molecule has 1 spiro atoms. The number of aromatic nitrogens is 3. The summed E-state index contributed by atoms with van der Waals surface area (Å²) in [6.45, 7) is 0.879. The van der Waals surface area contributed by atoms with Crippen LogP contribution in [0.1, 0.15) is 51.0 Å². The first-order chi connectivity index (χ1) is 7.88. The molecule has 3 rings (SSSR count). The van der Waals surface area contributed by atoms with Crippen LogP contribution in [0.25, 0.3) is 0 Å². The van der Waals surface area contributed by atoms with Crippen LogP contribution in [0.15, 0.2) is 12.7 Å². The van der Waals surface area contributed by atoms with Gasteiger partial charge in [-0.05, 0) is 25.7 Å². The van der Waals surface area contributed by atoms with Crippen LogP contribution >= 0.6 is 0 Å². The number of ether oxygens (including phenoxy) is 1. The van der Waals surface area contributed by atoms with E-state index in [1.54, 1.807) is 6.33 Å². The molecule has 1 aromatic rings. The Kier molecular flexibility index (Phi) is 2.67. The maximum absolute atomic E-state index is 6.07. The lowest BCUT2D eigenvalue weighted by Gasteiger charge is -2.43. The molecule has 4 heteroatoms. The van der Waals surface area contributed by atoms with Crippen LogP contribution in [-0.2, 0) is 4.74 Å². The van der Waals surface area contributed by atoms with Gasteiger partial charge < -0.3 is 4.74 Å². The molecule has 2 fully saturated rings. The average Bonchev–Trinajstić information content (AvgIpc) is 2.83. The minimum absolute atomic E-state index is 0.160. The molecule has 0 N–H and O–H groups in total. The van der Waals surface area contributed by atoms with Crippen molar-refractivity contribution in [2.45, 2.75) is 56.6 Å². The topological polar surface area (TPSA) is 39.9 Å². The molecule has 2 heterocycles. The Hall–Kier alpha value is -0.900. The zero-order valence-electron chi connectivity index (χ0n) is 9.64. The van der Waals surface area contributed by atoms with Gasteiger partial charge in [0.1, 0.15) is 12.7 Å². The molecule has 2 aliphatic rings. The van der Waals surface area contributed by atoms with Crippen molar-refractivity contribution in [2.24, 2.45) is 0 Å². The largest absolute Gasteiger partial charge is 0.375 e. The second-order valence-corrected chi connectivity index (χ2v) is 5.11. The highest BCUT2D eigenvalue weighted by molar-refractivity contribution is 4.91. The fraction of sp³-hybridized carbons (Fsp3) is 0.833. The van der Waals surface area contributed by atoms with Crippen LogP contribution in [0.4, 0.5) is 0 Å². The van der Waals surface area contributed by atoms with E-state index in [9.17, 15) is 0 Å². The number of rotatable bonds is 1. The number of nitrogens with zero attached hydrogens (tertiary/aromatic N) is 3. The van der Waals surface area contributed by atoms with Crippen molar-refractivity contribution in [3.8, 4) is 0 Å². The number of hydrogen-bond acceptors (Lipinski definition) is 3. The summed E-state index contributed by atoms with van der Waals surface area (Å²) < 4.78 is 8.09. The van der Waals surface area contributed by atoms with Gasteiger partial charge in [-0.3, -0.25) is 0 Å². The minimum Gasteiger partial charge on any atom is -0.375 e. The maximum atomic E-state index is 6.07. The molecule has 0 bridgehead atoms. The van der Waals surface area contributed by atoms with Crippen molar-refractivity contribution in [3.05, 3.63) is 12.7 Å². The molecule has 1 aliphatic carbocycles. The summed E-state index contributed by atoms with van der Waals surface area (Å²) in [5.41, 5.74) is 0.160. The first kappa shape index (κ1) is 10.3. The van der Waals surface area contributed by atoms with Gasteiger partial charge >= 0.3 is 0 Å². The zero-order chi connectivity index (χ0) is 10.8. The quantitative estimate of drug-likeness (QED) is 0.730. The van der Waals surface area contributed by atoms with Crippen LogP contribution in [0.2, 0.25) is 0 Å². The molecule has 0 radical (unpaired) electrons. The van der Waals surface area contributed by atoms with Gasteiger partial charge in [-0.1, -0.05) is 19.3 Å². The van der Waals surface area contributed by atoms with E-state index in [-0.39, 0.29) is 5.60 Å². The lowest BCUT2D eigenvalue weighted by atomic mass is 9.78. The Labute approximate surface area is 96.0 Å². The summed E-state index contributed by atoms with van der Waals surface area (Å²) in [7, 11) is 0. The Bertz CT molecular complexity index is 325. The minimum atomic E-state index is 0.160. The second kappa shape index (κ2) is 4.17. The standard InChI is InChI=1S/C12H19N3O/c1-2-5-12(6-3-1)8-11(4-7-16-12)15-10-13-9-14-15/h9-11H,1-8H2. The first-order valence-corrected chi connectivity index (χ1v) is 6.36. The van der Waals surface area contributed by atoms with E-state index in [0.29, 0.717) is 6.04 Å². The van der Waals surface area contributed by atoms with E-state index < -0.39 is 0 Å². The molecule has 1 aromatic heterocycles. The molecular formula is C12H19N3O. The van der Waals surface area contributed by atoms with Crippen LogP contribution in [0, 0.1) is 0 Å². The van der Waals surface area contributed by atoms with E-state index in [0.717, 1.165) is 19.4 Å². The predicted octanol–water partition coefficient (Wildman–Crippen LogP) is 2.33. The van der Waals surface area contributed by atoms with Crippen molar-refractivity contribution in [1.82, 2.24) is 14.8 Å². The van der Waals surface area contributed by atoms with Crippen LogP contribution in [-0.4, -0.2) is 27.0 Å². The monoisotopic (exact) mass is 221 g/mol. The summed E-state index contributed by atoms with van der Waals surface area (Å²) in [5, 5.41) is 4.27. The first-order valence-electron chi connectivity index (χ1n) is 6.36. The fourth-order valence-corrected chi connectivity index (χ4v) is 3.18. The van der Waals surface area contributed by atoms with E-state index in [1.165, 1.54) is 32.1 Å². The third-order valence-electron chi connectivity index (χ3n) is 4.04. The van der Waals surface area contributed by atoms with Gasteiger partial charge in [0.2, 0.25) is 0 Å². The van der Waals surface area contributed by atoms with Crippen molar-refractivity contribution < 1.29 is 4.74 Å². The van der Waals surface area contributed by atoms with Gasteiger partial charge in [-0.25, -0.2) is 9.67 Å². The molecule has 1 saturated carbocycles. The molecule has 88 valence electrons. The molecule has 16 heavy (non-hydrogen) atoms. The maximum Gasteiger partial charge on any atom is 0.137 e. The molecule has 1 atom stereocenters. The Morgan fingerprint density at radius 1 is 1.25 bits per heavy atom. The summed E-state index contributed by atoms with van der Waals surface area (Å²) >= 11 is 0. The third kappa shape index (κ3) is 1.86. The Morgan fingerprint density at radius 2 is 2.12 bits per heavy atom. The molecule has 4 nitrogen and oxygen atoms in total. The molecule has 1 saturated heterocycles. The summed E-state index contributed by atoms with van der Waals surface area (Å²) in [6.07, 6.45) is 12.2. The Balaban J connectivity index is 1.74. The zero-order valence-corrected chi connectivity index (χ0v) is 9.64. The average molecular weight is 221 g/mol. The summed E-state index contributed by atoms with van der Waals surface area (Å²) in [6, 6.07) is 0.495. The van der Waals surface area contributed by atoms with Gasteiger partial charge in [0.15, 0.2) is 0 Å². The smallest absolute Gasteiger partial charge is 0.137 e. The van der Waals surface area contributed by atoms with E-state index >= 15 is 0 Å². The van der Waals surface area contributed by atoms with Crippen LogP contribution in [0.5, 0.6) is 0 Å². The normalized spacial score (nSPS) is 29.4. The van der Waals surface area contributed by atoms with Gasteiger partial charge in [0, 0.05) is 6.61 Å². The fourth-order valence-electron chi connectivity index (χ4n) is 3.18. The highest BCUT2D eigenvalue weighted by Crippen LogP contribution is 2.41. The van der Waals surface area contributed by atoms with E-state index in [2.05, 4.69) is 10.1 Å². The highest BCUT2D eigenvalue weighted by Gasteiger charge is 2.39. The van der Waals surface area contributed by atoms with Crippen molar-refractivity contribution in [1.29, 1.82) is 0 Å². The predicted molar refractivity (Wildman–Crippen MR) is 60.1 cm³/mol. The van der Waals surface area contributed by atoms with E-state index in [1.807, 2.05) is 11.0 Å². The van der Waals surface area contributed by atoms with Crippen molar-refractivity contribution in [3.63, 3.8) is 0 Å². The molecule has 0 amide bonds.